The number of esters is 2. The Labute approximate surface area is 244 Å². The molecule has 0 radical (unpaired) electrons. The zero-order valence-corrected chi connectivity index (χ0v) is 24.5. The van der Waals surface area contributed by atoms with Crippen molar-refractivity contribution >= 4 is 52.4 Å². The van der Waals surface area contributed by atoms with E-state index < -0.39 is 46.6 Å². The fourth-order valence-corrected chi connectivity index (χ4v) is 7.00. The van der Waals surface area contributed by atoms with E-state index >= 15 is 0 Å². The van der Waals surface area contributed by atoms with Crippen LogP contribution in [0.4, 0.5) is 5.69 Å². The molecule has 0 saturated carbocycles. The molecule has 0 aliphatic carbocycles. The van der Waals surface area contributed by atoms with E-state index in [0.717, 1.165) is 5.30 Å². The maximum atomic E-state index is 13.1. The van der Waals surface area contributed by atoms with E-state index in [1.54, 1.807) is 49.3 Å². The van der Waals surface area contributed by atoms with Gasteiger partial charge in [0.1, 0.15) is 29.8 Å². The first-order chi connectivity index (χ1) is 19.4. The van der Waals surface area contributed by atoms with Crippen LogP contribution in [0, 0.1) is 20.2 Å². The number of anilines is 1. The normalized spacial score (nSPS) is 15.6. The number of hydrogen-bond acceptors (Lipinski definition) is 13. The van der Waals surface area contributed by atoms with Crippen molar-refractivity contribution in [1.82, 2.24) is 4.67 Å². The smallest absolute Gasteiger partial charge is 0.347 e. The van der Waals surface area contributed by atoms with Gasteiger partial charge >= 0.3 is 11.9 Å². The number of carbonyl (C=O) groups is 2. The standard InChI is InChI=1S/C23H27N4O11PS2/c1-24(2)16-3-8-20(21(13-16)37-22(28)14-18(38-27(32)33)15-35-26(30)31)23(29)36-17-4-6-19(7-5-17)39(40,41)25-9-11-34-12-10-25/h3-8,13,18H,9-12,14-15H2,1-2H3,(H,40,41). The SMILES string of the molecule is CN(C)c1ccc(C(=O)Oc2ccc(P(=S)(S)N3CCOCC3)cc2)c(OC(=O)CC(CO[N+](=O)[O-])O[N+](=O)[O-])c1. The number of ether oxygens (including phenoxy) is 3. The van der Waals surface area contributed by atoms with Crippen molar-refractivity contribution in [2.75, 3.05) is 51.9 Å². The molecular formula is C23H27N4O11PS2. The van der Waals surface area contributed by atoms with Crippen LogP contribution in [0.5, 0.6) is 11.5 Å². The van der Waals surface area contributed by atoms with Gasteiger partial charge in [-0.2, -0.15) is 0 Å². The minimum Gasteiger partial charge on any atom is -0.425 e. The molecule has 1 saturated heterocycles. The Morgan fingerprint density at radius 3 is 2.34 bits per heavy atom. The average Bonchev–Trinajstić information content (AvgIpc) is 2.92. The van der Waals surface area contributed by atoms with Gasteiger partial charge in [-0.05, 0) is 36.4 Å². The maximum Gasteiger partial charge on any atom is 0.347 e. The van der Waals surface area contributed by atoms with E-state index in [4.69, 9.17) is 38.3 Å². The summed E-state index contributed by atoms with van der Waals surface area (Å²) in [5.74, 6) is -1.91. The second-order valence-corrected chi connectivity index (χ2v) is 15.0. The molecule has 1 aliphatic rings. The van der Waals surface area contributed by atoms with Crippen LogP contribution >= 0.6 is 17.6 Å². The van der Waals surface area contributed by atoms with Crippen LogP contribution in [0.15, 0.2) is 42.5 Å². The quantitative estimate of drug-likeness (QED) is 0.0852. The van der Waals surface area contributed by atoms with E-state index in [0.29, 0.717) is 32.0 Å². The lowest BCUT2D eigenvalue weighted by Crippen LogP contribution is -2.35. The van der Waals surface area contributed by atoms with Gasteiger partial charge < -0.3 is 28.8 Å². The second kappa shape index (κ2) is 14.4. The Morgan fingerprint density at radius 2 is 1.76 bits per heavy atom. The fourth-order valence-electron chi connectivity index (χ4n) is 3.64. The van der Waals surface area contributed by atoms with E-state index in [1.165, 1.54) is 12.1 Å². The van der Waals surface area contributed by atoms with Crippen molar-refractivity contribution in [3.05, 3.63) is 68.3 Å². The largest absolute Gasteiger partial charge is 0.425 e. The molecule has 3 rings (SSSR count). The summed E-state index contributed by atoms with van der Waals surface area (Å²) in [6.45, 7) is 1.60. The van der Waals surface area contributed by atoms with Gasteiger partial charge in [0.15, 0.2) is 0 Å². The Kier molecular flexibility index (Phi) is 11.3. The third-order valence-electron chi connectivity index (χ3n) is 5.68. The summed E-state index contributed by atoms with van der Waals surface area (Å²) in [6, 6.07) is 11.0. The summed E-state index contributed by atoms with van der Waals surface area (Å²) in [6.07, 6.45) is -2.41. The number of morpholine rings is 1. The van der Waals surface area contributed by atoms with Crippen LogP contribution in [-0.2, 0) is 31.0 Å². The number of rotatable bonds is 13. The van der Waals surface area contributed by atoms with Crippen molar-refractivity contribution in [2.45, 2.75) is 12.5 Å². The molecule has 2 atom stereocenters. The lowest BCUT2D eigenvalue weighted by atomic mass is 10.1. The molecule has 1 heterocycles. The molecule has 0 amide bonds. The highest BCUT2D eigenvalue weighted by Gasteiger charge is 2.27. The topological polar surface area (TPSA) is 173 Å². The predicted molar refractivity (Wildman–Crippen MR) is 153 cm³/mol. The van der Waals surface area contributed by atoms with Crippen molar-refractivity contribution in [3.63, 3.8) is 0 Å². The molecule has 0 bridgehead atoms. The first kappa shape index (κ1) is 32.0. The summed E-state index contributed by atoms with van der Waals surface area (Å²) >= 11 is 10.6. The minimum absolute atomic E-state index is 0.117. The molecule has 18 heteroatoms. The van der Waals surface area contributed by atoms with Crippen LogP contribution in [0.25, 0.3) is 0 Å². The highest BCUT2D eigenvalue weighted by Crippen LogP contribution is 2.53. The lowest BCUT2D eigenvalue weighted by Gasteiger charge is -2.34. The van der Waals surface area contributed by atoms with Gasteiger partial charge in [-0.3, -0.25) is 9.46 Å². The van der Waals surface area contributed by atoms with Crippen LogP contribution in [-0.4, -0.2) is 79.9 Å². The van der Waals surface area contributed by atoms with Gasteiger partial charge in [0.05, 0.1) is 25.0 Å². The summed E-state index contributed by atoms with van der Waals surface area (Å²) in [5, 5.41) is 17.3. The number of carbonyl (C=O) groups excluding carboxylic acids is 2. The number of hydrogen-bond donors (Lipinski definition) is 1. The zero-order valence-electron chi connectivity index (χ0n) is 21.9. The van der Waals surface area contributed by atoms with Crippen LogP contribution in [0.1, 0.15) is 16.8 Å². The van der Waals surface area contributed by atoms with Crippen molar-refractivity contribution < 1.29 is 43.6 Å². The van der Waals surface area contributed by atoms with Gasteiger partial charge in [-0.1, -0.05) is 11.8 Å². The van der Waals surface area contributed by atoms with Crippen LogP contribution < -0.4 is 19.7 Å². The van der Waals surface area contributed by atoms with E-state index in [-0.39, 0.29) is 17.1 Å². The predicted octanol–water partition coefficient (Wildman–Crippen LogP) is 2.25. The van der Waals surface area contributed by atoms with E-state index in [1.807, 2.05) is 0 Å². The fraction of sp³-hybridized carbons (Fsp3) is 0.391. The lowest BCUT2D eigenvalue weighted by molar-refractivity contribution is -0.789. The molecule has 1 aliphatic heterocycles. The Balaban J connectivity index is 1.76. The number of benzene rings is 2. The Morgan fingerprint density at radius 1 is 1.10 bits per heavy atom. The molecule has 41 heavy (non-hydrogen) atoms. The molecule has 0 N–H and O–H groups in total. The van der Waals surface area contributed by atoms with Gasteiger partial charge in [-0.25, -0.2) is 4.79 Å². The van der Waals surface area contributed by atoms with Gasteiger partial charge in [-0.15, -0.1) is 32.5 Å². The molecule has 0 aromatic heterocycles. The highest BCUT2D eigenvalue weighted by molar-refractivity contribution is 8.65. The van der Waals surface area contributed by atoms with E-state index in [9.17, 15) is 29.8 Å². The minimum atomic E-state index is -2.32. The average molecular weight is 631 g/mol. The van der Waals surface area contributed by atoms with Crippen molar-refractivity contribution in [2.24, 2.45) is 0 Å². The number of thiol groups is 1. The Hall–Kier alpha value is -3.50. The van der Waals surface area contributed by atoms with Gasteiger partial charge in [0.25, 0.3) is 10.2 Å². The zero-order chi connectivity index (χ0) is 30.2. The first-order valence-corrected chi connectivity index (χ1v) is 15.9. The van der Waals surface area contributed by atoms with Crippen molar-refractivity contribution in [3.8, 4) is 11.5 Å². The summed E-state index contributed by atoms with van der Waals surface area (Å²) in [7, 11) is 3.44. The molecule has 15 nitrogen and oxygen atoms in total. The summed E-state index contributed by atoms with van der Waals surface area (Å²) in [4.78, 5) is 56.9. The third-order valence-corrected chi connectivity index (χ3v) is 10.6. The molecule has 2 unspecified atom stereocenters. The Bertz CT molecular complexity index is 1320. The molecule has 1 fully saturated rings. The third kappa shape index (κ3) is 9.26. The molecule has 2 aromatic carbocycles. The molecular weight excluding hydrogens is 603 g/mol. The maximum absolute atomic E-state index is 13.1. The summed E-state index contributed by atoms with van der Waals surface area (Å²) < 4.78 is 18.3. The molecule has 0 spiro atoms. The van der Waals surface area contributed by atoms with Gasteiger partial charge in [0, 0.05) is 44.2 Å². The van der Waals surface area contributed by atoms with Gasteiger partial charge in [0.2, 0.25) is 0 Å². The summed E-state index contributed by atoms with van der Waals surface area (Å²) in [5.41, 5.74) is 0.445. The number of nitrogens with zero attached hydrogens (tertiary/aromatic N) is 4. The van der Waals surface area contributed by atoms with Crippen molar-refractivity contribution in [1.29, 1.82) is 0 Å². The highest BCUT2D eigenvalue weighted by atomic mass is 32.9. The van der Waals surface area contributed by atoms with E-state index in [2.05, 4.69) is 14.3 Å². The molecule has 222 valence electrons. The monoisotopic (exact) mass is 630 g/mol. The van der Waals surface area contributed by atoms with Crippen LogP contribution in [0.3, 0.4) is 0 Å². The second-order valence-electron chi connectivity index (χ2n) is 8.72. The van der Waals surface area contributed by atoms with Crippen LogP contribution in [0.2, 0.25) is 0 Å². The first-order valence-electron chi connectivity index (χ1n) is 12.0. The molecule has 2 aromatic rings.